The molecule has 0 fully saturated rings. The van der Waals surface area contributed by atoms with Crippen LogP contribution in [0.2, 0.25) is 0 Å². The van der Waals surface area contributed by atoms with E-state index in [4.69, 9.17) is 5.11 Å². The Morgan fingerprint density at radius 2 is 2.15 bits per heavy atom. The van der Waals surface area contributed by atoms with Gasteiger partial charge in [-0.3, -0.25) is 0 Å². The van der Waals surface area contributed by atoms with Crippen molar-refractivity contribution in [1.82, 2.24) is 4.98 Å². The highest BCUT2D eigenvalue weighted by atomic mass is 32.2. The molecule has 0 saturated carbocycles. The van der Waals surface area contributed by atoms with E-state index in [-0.39, 0.29) is 16.6 Å². The number of hydrogen-bond acceptors (Lipinski definition) is 4. The van der Waals surface area contributed by atoms with Gasteiger partial charge in [-0.25, -0.2) is 14.2 Å². The van der Waals surface area contributed by atoms with Crippen molar-refractivity contribution in [2.75, 3.05) is 0 Å². The zero-order valence-corrected chi connectivity index (χ0v) is 12.7. The highest BCUT2D eigenvalue weighted by Crippen LogP contribution is 2.30. The Bertz CT molecular complexity index is 625. The van der Waals surface area contributed by atoms with E-state index in [1.807, 2.05) is 13.8 Å². The third kappa shape index (κ3) is 3.37. The van der Waals surface area contributed by atoms with E-state index >= 15 is 0 Å². The van der Waals surface area contributed by atoms with Crippen molar-refractivity contribution in [2.45, 2.75) is 30.4 Å². The predicted octanol–water partition coefficient (Wildman–Crippen LogP) is 4.40. The predicted molar refractivity (Wildman–Crippen MR) is 79.1 cm³/mol. The molecule has 0 aliphatic rings. The summed E-state index contributed by atoms with van der Waals surface area (Å²) >= 11 is 2.49. The number of aromatic carboxylic acids is 1. The Balaban J connectivity index is 2.16. The number of hydrogen-bond donors (Lipinski definition) is 1. The van der Waals surface area contributed by atoms with Crippen molar-refractivity contribution in [3.63, 3.8) is 0 Å². The van der Waals surface area contributed by atoms with Gasteiger partial charge in [0.15, 0.2) is 0 Å². The lowest BCUT2D eigenvalue weighted by molar-refractivity contribution is 0.0700. The molecule has 1 heterocycles. The van der Waals surface area contributed by atoms with E-state index in [9.17, 15) is 9.18 Å². The number of carboxylic acid groups (broad SMARTS) is 1. The lowest BCUT2D eigenvalue weighted by atomic mass is 10.1. The molecule has 3 nitrogen and oxygen atoms in total. The number of carboxylic acids is 1. The zero-order valence-electron chi connectivity index (χ0n) is 11.1. The van der Waals surface area contributed by atoms with Gasteiger partial charge in [0.1, 0.15) is 15.7 Å². The summed E-state index contributed by atoms with van der Waals surface area (Å²) in [5.74, 6) is -0.687. The van der Waals surface area contributed by atoms with Crippen LogP contribution in [-0.2, 0) is 5.75 Å². The first kappa shape index (κ1) is 15.0. The minimum absolute atomic E-state index is 0.0598. The monoisotopic (exact) mass is 311 g/mol. The summed E-state index contributed by atoms with van der Waals surface area (Å²) in [6.45, 7) is 3.82. The highest BCUT2D eigenvalue weighted by Gasteiger charge is 2.19. The van der Waals surface area contributed by atoms with Crippen LogP contribution in [0.3, 0.4) is 0 Å². The standard InChI is InChI=1S/C14H14FNO2S2/c1-8(2)12-13(14(17)18)20-11(16-12)7-19-10-6-4-3-5-9(10)15/h3-6,8H,7H2,1-2H3,(H,17,18). The third-order valence-corrected chi connectivity index (χ3v) is 4.93. The van der Waals surface area contributed by atoms with Gasteiger partial charge in [-0.1, -0.05) is 26.0 Å². The summed E-state index contributed by atoms with van der Waals surface area (Å²) in [4.78, 5) is 16.4. The molecule has 0 saturated heterocycles. The van der Waals surface area contributed by atoms with Crippen LogP contribution >= 0.6 is 23.1 Å². The summed E-state index contributed by atoms with van der Waals surface area (Å²) in [6, 6.07) is 6.53. The molecule has 0 unspecified atom stereocenters. The van der Waals surface area contributed by atoms with Gasteiger partial charge in [0, 0.05) is 4.90 Å². The third-order valence-electron chi connectivity index (χ3n) is 2.63. The first-order valence-corrected chi connectivity index (χ1v) is 7.89. The second kappa shape index (κ2) is 6.37. The molecule has 0 radical (unpaired) electrons. The van der Waals surface area contributed by atoms with Crippen LogP contribution in [0.4, 0.5) is 4.39 Å². The van der Waals surface area contributed by atoms with Crippen molar-refractivity contribution in [3.8, 4) is 0 Å². The van der Waals surface area contributed by atoms with Crippen LogP contribution in [0.15, 0.2) is 29.2 Å². The molecular formula is C14H14FNO2S2. The Morgan fingerprint density at radius 1 is 1.45 bits per heavy atom. The summed E-state index contributed by atoms with van der Waals surface area (Å²) in [5.41, 5.74) is 0.603. The van der Waals surface area contributed by atoms with Crippen LogP contribution in [-0.4, -0.2) is 16.1 Å². The van der Waals surface area contributed by atoms with Gasteiger partial charge in [-0.05, 0) is 18.1 Å². The molecule has 1 aromatic carbocycles. The molecule has 0 aliphatic heterocycles. The molecule has 0 bridgehead atoms. The Kier molecular flexibility index (Phi) is 4.77. The lowest BCUT2D eigenvalue weighted by Crippen LogP contribution is -2.00. The van der Waals surface area contributed by atoms with Gasteiger partial charge in [0.25, 0.3) is 0 Å². The lowest BCUT2D eigenvalue weighted by Gasteiger charge is -2.01. The molecule has 2 aromatic rings. The van der Waals surface area contributed by atoms with Crippen molar-refractivity contribution >= 4 is 29.1 Å². The molecule has 1 N–H and O–H groups in total. The average Bonchev–Trinajstić information content (AvgIpc) is 2.82. The van der Waals surface area contributed by atoms with E-state index in [1.54, 1.807) is 18.2 Å². The van der Waals surface area contributed by atoms with E-state index in [2.05, 4.69) is 4.98 Å². The van der Waals surface area contributed by atoms with E-state index in [0.717, 1.165) is 0 Å². The molecule has 0 amide bonds. The molecule has 0 atom stereocenters. The Morgan fingerprint density at radius 3 is 2.70 bits per heavy atom. The van der Waals surface area contributed by atoms with Crippen molar-refractivity contribution in [1.29, 1.82) is 0 Å². The molecule has 6 heteroatoms. The molecular weight excluding hydrogens is 297 g/mol. The fourth-order valence-electron chi connectivity index (χ4n) is 1.69. The van der Waals surface area contributed by atoms with Crippen LogP contribution in [0.25, 0.3) is 0 Å². The topological polar surface area (TPSA) is 50.2 Å². The molecule has 20 heavy (non-hydrogen) atoms. The summed E-state index contributed by atoms with van der Waals surface area (Å²) in [7, 11) is 0. The van der Waals surface area contributed by atoms with Gasteiger partial charge in [0.2, 0.25) is 0 Å². The van der Waals surface area contributed by atoms with Gasteiger partial charge >= 0.3 is 5.97 Å². The number of nitrogens with zero attached hydrogens (tertiary/aromatic N) is 1. The van der Waals surface area contributed by atoms with Crippen molar-refractivity contribution in [2.24, 2.45) is 0 Å². The smallest absolute Gasteiger partial charge is 0.347 e. The van der Waals surface area contributed by atoms with Crippen LogP contribution < -0.4 is 0 Å². The Hall–Kier alpha value is -1.40. The molecule has 106 valence electrons. The minimum atomic E-state index is -0.951. The number of halogens is 1. The number of benzene rings is 1. The maximum atomic E-state index is 13.5. The first-order valence-electron chi connectivity index (χ1n) is 6.09. The first-order chi connectivity index (χ1) is 9.49. The fourth-order valence-corrected chi connectivity index (χ4v) is 3.68. The fraction of sp³-hybridized carbons (Fsp3) is 0.286. The quantitative estimate of drug-likeness (QED) is 0.832. The summed E-state index contributed by atoms with van der Waals surface area (Å²) in [5, 5.41) is 9.87. The number of carbonyl (C=O) groups is 1. The second-order valence-corrected chi connectivity index (χ2v) is 6.60. The Labute approximate surface area is 124 Å². The summed E-state index contributed by atoms with van der Waals surface area (Å²) < 4.78 is 13.5. The molecule has 0 spiro atoms. The van der Waals surface area contributed by atoms with Gasteiger partial charge < -0.3 is 5.11 Å². The zero-order chi connectivity index (χ0) is 14.7. The average molecular weight is 311 g/mol. The second-order valence-electron chi connectivity index (χ2n) is 4.50. The van der Waals surface area contributed by atoms with Gasteiger partial charge in [0.05, 0.1) is 11.4 Å². The number of rotatable bonds is 5. The van der Waals surface area contributed by atoms with Crippen LogP contribution in [0.1, 0.15) is 40.1 Å². The molecule has 1 aromatic heterocycles. The SMILES string of the molecule is CC(C)c1nc(CSc2ccccc2F)sc1C(=O)O. The van der Waals surface area contributed by atoms with E-state index in [1.165, 1.54) is 29.2 Å². The van der Waals surface area contributed by atoms with Gasteiger partial charge in [-0.15, -0.1) is 23.1 Å². The van der Waals surface area contributed by atoms with Crippen molar-refractivity contribution < 1.29 is 14.3 Å². The molecule has 0 aliphatic carbocycles. The number of thioether (sulfide) groups is 1. The number of aromatic nitrogens is 1. The van der Waals surface area contributed by atoms with Crippen molar-refractivity contribution in [3.05, 3.63) is 45.7 Å². The summed E-state index contributed by atoms with van der Waals surface area (Å²) in [6.07, 6.45) is 0. The normalized spacial score (nSPS) is 11.0. The maximum absolute atomic E-state index is 13.5. The van der Waals surface area contributed by atoms with Crippen LogP contribution in [0.5, 0.6) is 0 Å². The van der Waals surface area contributed by atoms with E-state index in [0.29, 0.717) is 21.3 Å². The van der Waals surface area contributed by atoms with Gasteiger partial charge in [-0.2, -0.15) is 0 Å². The van der Waals surface area contributed by atoms with E-state index < -0.39 is 5.97 Å². The highest BCUT2D eigenvalue weighted by molar-refractivity contribution is 7.98. The largest absolute Gasteiger partial charge is 0.477 e. The number of thiazole rings is 1. The molecule has 2 rings (SSSR count). The maximum Gasteiger partial charge on any atom is 0.347 e. The minimum Gasteiger partial charge on any atom is -0.477 e. The van der Waals surface area contributed by atoms with Crippen LogP contribution in [0, 0.1) is 5.82 Å².